The first-order valence-corrected chi connectivity index (χ1v) is 7.95. The molecule has 24 heavy (non-hydrogen) atoms. The molecular weight excluding hydrogens is 316 g/mol. The van der Waals surface area contributed by atoms with E-state index in [4.69, 9.17) is 9.84 Å². The number of nitrogens with zero attached hydrogens (tertiary/aromatic N) is 3. The Morgan fingerprint density at radius 1 is 1.29 bits per heavy atom. The van der Waals surface area contributed by atoms with Crippen molar-refractivity contribution >= 4 is 17.9 Å². The summed E-state index contributed by atoms with van der Waals surface area (Å²) in [4.78, 5) is 33.2. The monoisotopic (exact) mass is 336 g/mol. The highest BCUT2D eigenvalue weighted by atomic mass is 16.5. The van der Waals surface area contributed by atoms with Crippen molar-refractivity contribution in [1.82, 2.24) is 14.9 Å². The van der Waals surface area contributed by atoms with Crippen LogP contribution in [0.15, 0.2) is 0 Å². The Kier molecular flexibility index (Phi) is 4.52. The molecule has 2 heterocycles. The van der Waals surface area contributed by atoms with Crippen molar-refractivity contribution < 1.29 is 24.5 Å². The summed E-state index contributed by atoms with van der Waals surface area (Å²) in [6, 6.07) is -0.269. The number of hydrogen-bond donors (Lipinski definition) is 3. The van der Waals surface area contributed by atoms with E-state index in [1.807, 2.05) is 0 Å². The van der Waals surface area contributed by atoms with Crippen LogP contribution < -0.4 is 10.1 Å². The standard InChI is InChI=1S/C15H20N4O5/c1-24-12-11-8(16-14(17-12)18-15(22)23)7-19(13(11)21)9-5-3-2-4-6-10(9)20/h9-10,20H,2-7H2,1H3,(H,22,23)(H,16,17,18). The average Bonchev–Trinajstić information content (AvgIpc) is 2.71. The van der Waals surface area contributed by atoms with E-state index in [0.717, 1.165) is 25.7 Å². The van der Waals surface area contributed by atoms with Gasteiger partial charge in [-0.2, -0.15) is 4.98 Å². The summed E-state index contributed by atoms with van der Waals surface area (Å²) >= 11 is 0. The molecule has 9 nitrogen and oxygen atoms in total. The molecule has 0 aromatic carbocycles. The summed E-state index contributed by atoms with van der Waals surface area (Å²) < 4.78 is 5.14. The lowest BCUT2D eigenvalue weighted by atomic mass is 10.0. The highest BCUT2D eigenvalue weighted by molar-refractivity contribution is 6.00. The fraction of sp³-hybridized carbons (Fsp3) is 0.600. The van der Waals surface area contributed by atoms with Crippen LogP contribution in [0.1, 0.15) is 48.2 Å². The number of nitrogens with one attached hydrogen (secondary N) is 1. The molecule has 0 saturated heterocycles. The molecule has 2 aliphatic rings. The van der Waals surface area contributed by atoms with E-state index in [1.165, 1.54) is 7.11 Å². The molecule has 1 aliphatic carbocycles. The largest absolute Gasteiger partial charge is 0.480 e. The van der Waals surface area contributed by atoms with Crippen LogP contribution in [-0.4, -0.2) is 56.3 Å². The molecule has 0 spiro atoms. The smallest absolute Gasteiger partial charge is 0.411 e. The molecule has 0 radical (unpaired) electrons. The Balaban J connectivity index is 1.92. The van der Waals surface area contributed by atoms with Crippen LogP contribution in [-0.2, 0) is 6.54 Å². The molecule has 1 fully saturated rings. The molecule has 1 aliphatic heterocycles. The van der Waals surface area contributed by atoms with Crippen LogP contribution in [0, 0.1) is 0 Å². The Morgan fingerprint density at radius 2 is 2.04 bits per heavy atom. The maximum absolute atomic E-state index is 12.8. The number of aromatic nitrogens is 2. The number of carbonyl (C=O) groups is 2. The number of aliphatic hydroxyl groups excluding tert-OH is 1. The summed E-state index contributed by atoms with van der Waals surface area (Å²) in [7, 11) is 1.36. The third-order valence-corrected chi connectivity index (χ3v) is 4.50. The number of carbonyl (C=O) groups excluding carboxylic acids is 1. The predicted molar refractivity (Wildman–Crippen MR) is 83.0 cm³/mol. The Labute approximate surface area is 138 Å². The minimum absolute atomic E-state index is 0.0411. The third kappa shape index (κ3) is 2.99. The van der Waals surface area contributed by atoms with Crippen LogP contribution >= 0.6 is 0 Å². The highest BCUT2D eigenvalue weighted by Crippen LogP contribution is 2.34. The zero-order valence-corrected chi connectivity index (χ0v) is 13.4. The molecule has 3 rings (SSSR count). The van der Waals surface area contributed by atoms with Gasteiger partial charge < -0.3 is 19.8 Å². The summed E-state index contributed by atoms with van der Waals surface area (Å²) in [6.07, 6.45) is 2.48. The zero-order valence-electron chi connectivity index (χ0n) is 13.4. The van der Waals surface area contributed by atoms with Gasteiger partial charge in [0.15, 0.2) is 0 Å². The fourth-order valence-electron chi connectivity index (χ4n) is 3.39. The topological polar surface area (TPSA) is 125 Å². The normalized spacial score (nSPS) is 23.6. The molecule has 3 N–H and O–H groups in total. The number of methoxy groups -OCH3 is 1. The molecule has 2 amide bonds. The van der Waals surface area contributed by atoms with Gasteiger partial charge in [-0.15, -0.1) is 0 Å². The molecule has 1 saturated carbocycles. The maximum atomic E-state index is 12.8. The van der Waals surface area contributed by atoms with E-state index in [0.29, 0.717) is 12.1 Å². The molecule has 2 unspecified atom stereocenters. The number of hydrogen-bond acceptors (Lipinski definition) is 6. The number of amides is 2. The first-order valence-electron chi connectivity index (χ1n) is 7.95. The van der Waals surface area contributed by atoms with Gasteiger partial charge in [0, 0.05) is 0 Å². The minimum Gasteiger partial charge on any atom is -0.480 e. The van der Waals surface area contributed by atoms with Crippen molar-refractivity contribution in [3.05, 3.63) is 11.3 Å². The lowest BCUT2D eigenvalue weighted by molar-refractivity contribution is 0.0344. The molecule has 2 atom stereocenters. The van der Waals surface area contributed by atoms with Gasteiger partial charge in [-0.05, 0) is 12.8 Å². The SMILES string of the molecule is COc1nc(NC(=O)O)nc2c1C(=O)N(C1CCCCCC1O)C2. The number of fused-ring (bicyclic) bond motifs is 1. The van der Waals surface area contributed by atoms with Gasteiger partial charge in [0.2, 0.25) is 11.8 Å². The van der Waals surface area contributed by atoms with Crippen LogP contribution in [0.25, 0.3) is 0 Å². The molecule has 9 heteroatoms. The number of carboxylic acid groups (broad SMARTS) is 1. The maximum Gasteiger partial charge on any atom is 0.411 e. The third-order valence-electron chi connectivity index (χ3n) is 4.50. The first kappa shape index (κ1) is 16.4. The van der Waals surface area contributed by atoms with Gasteiger partial charge in [0.1, 0.15) is 5.56 Å². The zero-order chi connectivity index (χ0) is 17.3. The Bertz CT molecular complexity index is 666. The Morgan fingerprint density at radius 3 is 2.75 bits per heavy atom. The number of anilines is 1. The van der Waals surface area contributed by atoms with Crippen molar-refractivity contribution in [3.8, 4) is 5.88 Å². The highest BCUT2D eigenvalue weighted by Gasteiger charge is 2.40. The second kappa shape index (κ2) is 6.60. The molecule has 130 valence electrons. The van der Waals surface area contributed by atoms with Gasteiger partial charge in [-0.3, -0.25) is 10.1 Å². The van der Waals surface area contributed by atoms with E-state index >= 15 is 0 Å². The number of aliphatic hydroxyl groups is 1. The van der Waals surface area contributed by atoms with Gasteiger partial charge in [-0.25, -0.2) is 9.78 Å². The fourth-order valence-corrected chi connectivity index (χ4v) is 3.39. The first-order chi connectivity index (χ1) is 11.5. The summed E-state index contributed by atoms with van der Waals surface area (Å²) in [6.45, 7) is 0.211. The molecule has 0 bridgehead atoms. The van der Waals surface area contributed by atoms with Crippen LogP contribution in [0.3, 0.4) is 0 Å². The van der Waals surface area contributed by atoms with Crippen molar-refractivity contribution in [2.75, 3.05) is 12.4 Å². The molecule has 1 aromatic heterocycles. The second-order valence-corrected chi connectivity index (χ2v) is 6.01. The Hall–Kier alpha value is -2.42. The molecule has 1 aromatic rings. The minimum atomic E-state index is -1.29. The van der Waals surface area contributed by atoms with Gasteiger partial charge in [-0.1, -0.05) is 19.3 Å². The average molecular weight is 336 g/mol. The van der Waals surface area contributed by atoms with E-state index in [-0.39, 0.29) is 35.9 Å². The predicted octanol–water partition coefficient (Wildman–Crippen LogP) is 1.22. The van der Waals surface area contributed by atoms with E-state index < -0.39 is 12.2 Å². The summed E-state index contributed by atoms with van der Waals surface area (Å²) in [5.74, 6) is -0.372. The summed E-state index contributed by atoms with van der Waals surface area (Å²) in [5.41, 5.74) is 0.650. The van der Waals surface area contributed by atoms with Gasteiger partial charge in [0.25, 0.3) is 5.91 Å². The van der Waals surface area contributed by atoms with Gasteiger partial charge >= 0.3 is 6.09 Å². The van der Waals surface area contributed by atoms with Crippen molar-refractivity contribution in [3.63, 3.8) is 0 Å². The second-order valence-electron chi connectivity index (χ2n) is 6.01. The quantitative estimate of drug-likeness (QED) is 0.709. The van der Waals surface area contributed by atoms with Crippen LogP contribution in [0.2, 0.25) is 0 Å². The lowest BCUT2D eigenvalue weighted by Crippen LogP contribution is -2.43. The summed E-state index contributed by atoms with van der Waals surface area (Å²) in [5, 5.41) is 21.2. The van der Waals surface area contributed by atoms with E-state index in [1.54, 1.807) is 4.90 Å². The number of ether oxygens (including phenoxy) is 1. The number of rotatable bonds is 3. The van der Waals surface area contributed by atoms with Crippen LogP contribution in [0.4, 0.5) is 10.7 Å². The van der Waals surface area contributed by atoms with Gasteiger partial charge in [0.05, 0.1) is 31.5 Å². The van der Waals surface area contributed by atoms with Crippen LogP contribution in [0.5, 0.6) is 5.88 Å². The van der Waals surface area contributed by atoms with Crippen molar-refractivity contribution in [2.45, 2.75) is 50.8 Å². The molecular formula is C15H20N4O5. The van der Waals surface area contributed by atoms with E-state index in [2.05, 4.69) is 15.3 Å². The van der Waals surface area contributed by atoms with E-state index in [9.17, 15) is 14.7 Å². The van der Waals surface area contributed by atoms with Crippen molar-refractivity contribution in [1.29, 1.82) is 0 Å². The van der Waals surface area contributed by atoms with Crippen molar-refractivity contribution in [2.24, 2.45) is 0 Å². The lowest BCUT2D eigenvalue weighted by Gasteiger charge is -2.30.